The van der Waals surface area contributed by atoms with Crippen molar-refractivity contribution in [3.05, 3.63) is 30.1 Å². The molecule has 20 heavy (non-hydrogen) atoms. The molecule has 0 aromatic heterocycles. The van der Waals surface area contributed by atoms with Gasteiger partial charge < -0.3 is 10.6 Å². The lowest BCUT2D eigenvalue weighted by molar-refractivity contribution is 0.142. The van der Waals surface area contributed by atoms with Crippen molar-refractivity contribution in [2.45, 2.75) is 37.8 Å². The van der Waals surface area contributed by atoms with E-state index in [0.717, 1.165) is 37.9 Å². The summed E-state index contributed by atoms with van der Waals surface area (Å²) in [6, 6.07) is 8.00. The van der Waals surface area contributed by atoms with Gasteiger partial charge in [-0.3, -0.25) is 4.90 Å². The molecular formula is C16H24FN3. The number of rotatable bonds is 2. The first-order valence-corrected chi connectivity index (χ1v) is 7.72. The van der Waals surface area contributed by atoms with Crippen LogP contribution < -0.4 is 10.6 Å². The number of nitrogens with two attached hydrogens (primary N) is 1. The zero-order valence-electron chi connectivity index (χ0n) is 12.0. The summed E-state index contributed by atoms with van der Waals surface area (Å²) in [7, 11) is 0. The van der Waals surface area contributed by atoms with Crippen molar-refractivity contribution in [2.24, 2.45) is 5.73 Å². The Kier molecular flexibility index (Phi) is 4.22. The topological polar surface area (TPSA) is 32.5 Å². The van der Waals surface area contributed by atoms with Gasteiger partial charge in [-0.1, -0.05) is 0 Å². The van der Waals surface area contributed by atoms with Crippen LogP contribution in [-0.2, 0) is 0 Å². The monoisotopic (exact) mass is 277 g/mol. The molecular weight excluding hydrogens is 253 g/mol. The van der Waals surface area contributed by atoms with E-state index < -0.39 is 0 Å². The molecule has 3 nitrogen and oxygen atoms in total. The summed E-state index contributed by atoms with van der Waals surface area (Å²) in [6.07, 6.45) is 4.83. The van der Waals surface area contributed by atoms with Crippen LogP contribution in [0.3, 0.4) is 0 Å². The van der Waals surface area contributed by atoms with Crippen LogP contribution in [0.5, 0.6) is 0 Å². The highest BCUT2D eigenvalue weighted by atomic mass is 19.1. The molecule has 4 heteroatoms. The maximum atomic E-state index is 13.0. The molecule has 1 saturated heterocycles. The lowest BCUT2D eigenvalue weighted by Gasteiger charge is -2.42. The number of halogens is 1. The highest BCUT2D eigenvalue weighted by Gasteiger charge is 2.27. The Morgan fingerprint density at radius 3 is 2.10 bits per heavy atom. The van der Waals surface area contributed by atoms with Gasteiger partial charge in [-0.05, 0) is 49.9 Å². The van der Waals surface area contributed by atoms with Crippen molar-refractivity contribution < 1.29 is 4.39 Å². The van der Waals surface area contributed by atoms with E-state index in [1.165, 1.54) is 25.7 Å². The number of piperazine rings is 1. The third-order valence-electron chi connectivity index (χ3n) is 4.76. The minimum absolute atomic E-state index is 0.161. The van der Waals surface area contributed by atoms with Crippen LogP contribution in [0.25, 0.3) is 0 Å². The molecule has 1 aliphatic heterocycles. The lowest BCUT2D eigenvalue weighted by Crippen LogP contribution is -2.51. The second kappa shape index (κ2) is 6.10. The van der Waals surface area contributed by atoms with Gasteiger partial charge >= 0.3 is 0 Å². The van der Waals surface area contributed by atoms with E-state index >= 15 is 0 Å². The molecule has 110 valence electrons. The predicted octanol–water partition coefficient (Wildman–Crippen LogP) is 2.22. The molecule has 1 aliphatic carbocycles. The fraction of sp³-hybridized carbons (Fsp3) is 0.625. The highest BCUT2D eigenvalue weighted by Crippen LogP contribution is 2.24. The first kappa shape index (κ1) is 13.8. The van der Waals surface area contributed by atoms with Crippen molar-refractivity contribution in [3.63, 3.8) is 0 Å². The second-order valence-electron chi connectivity index (χ2n) is 6.07. The SMILES string of the molecule is N[C@H]1CC[C@H](N2CCN(c3ccc(F)cc3)CC2)CC1. The van der Waals surface area contributed by atoms with Crippen molar-refractivity contribution >= 4 is 5.69 Å². The summed E-state index contributed by atoms with van der Waals surface area (Å²) < 4.78 is 13.0. The van der Waals surface area contributed by atoms with Crippen LogP contribution >= 0.6 is 0 Å². The Hall–Kier alpha value is -1.13. The van der Waals surface area contributed by atoms with Crippen molar-refractivity contribution in [1.82, 2.24) is 4.90 Å². The molecule has 1 aromatic rings. The molecule has 2 N–H and O–H groups in total. The molecule has 0 unspecified atom stereocenters. The molecule has 1 saturated carbocycles. The Morgan fingerprint density at radius 2 is 1.50 bits per heavy atom. The van der Waals surface area contributed by atoms with Crippen molar-refractivity contribution in [2.75, 3.05) is 31.1 Å². The fourth-order valence-electron chi connectivity index (χ4n) is 3.46. The van der Waals surface area contributed by atoms with Gasteiger partial charge in [0.25, 0.3) is 0 Å². The van der Waals surface area contributed by atoms with Gasteiger partial charge in [-0.25, -0.2) is 4.39 Å². The number of benzene rings is 1. The van der Waals surface area contributed by atoms with Gasteiger partial charge in [0.1, 0.15) is 5.82 Å². The number of anilines is 1. The molecule has 0 radical (unpaired) electrons. The molecule has 3 rings (SSSR count). The molecule has 0 bridgehead atoms. The molecule has 2 aliphatic rings. The Balaban J connectivity index is 1.53. The average molecular weight is 277 g/mol. The Morgan fingerprint density at radius 1 is 0.900 bits per heavy atom. The molecule has 0 amide bonds. The second-order valence-corrected chi connectivity index (χ2v) is 6.07. The fourth-order valence-corrected chi connectivity index (χ4v) is 3.46. The zero-order chi connectivity index (χ0) is 13.9. The van der Waals surface area contributed by atoms with Gasteiger partial charge in [-0.15, -0.1) is 0 Å². The lowest BCUT2D eigenvalue weighted by atomic mass is 9.90. The Labute approximate surface area is 120 Å². The zero-order valence-corrected chi connectivity index (χ0v) is 12.0. The van der Waals surface area contributed by atoms with Gasteiger partial charge in [0.15, 0.2) is 0 Å². The van der Waals surface area contributed by atoms with Crippen LogP contribution in [0, 0.1) is 5.82 Å². The van der Waals surface area contributed by atoms with Gasteiger partial charge in [0.2, 0.25) is 0 Å². The van der Waals surface area contributed by atoms with Crippen LogP contribution in [0.15, 0.2) is 24.3 Å². The number of hydrogen-bond acceptors (Lipinski definition) is 3. The minimum Gasteiger partial charge on any atom is -0.369 e. The maximum Gasteiger partial charge on any atom is 0.123 e. The van der Waals surface area contributed by atoms with E-state index in [1.807, 2.05) is 12.1 Å². The highest BCUT2D eigenvalue weighted by molar-refractivity contribution is 5.46. The van der Waals surface area contributed by atoms with Gasteiger partial charge in [0, 0.05) is 44.0 Å². The average Bonchev–Trinajstić information content (AvgIpc) is 2.49. The van der Waals surface area contributed by atoms with Crippen LogP contribution in [0.1, 0.15) is 25.7 Å². The van der Waals surface area contributed by atoms with E-state index in [-0.39, 0.29) is 5.82 Å². The standard InChI is InChI=1S/C16H24FN3/c17-13-1-5-15(6-2-13)19-9-11-20(12-10-19)16-7-3-14(18)4-8-16/h1-2,5-6,14,16H,3-4,7-12,18H2/t14-,16-. The van der Waals surface area contributed by atoms with E-state index in [2.05, 4.69) is 9.80 Å². The Bertz CT molecular complexity index is 418. The summed E-state index contributed by atoms with van der Waals surface area (Å²) in [5.74, 6) is -0.161. The van der Waals surface area contributed by atoms with Gasteiger partial charge in [0.05, 0.1) is 0 Å². The van der Waals surface area contributed by atoms with Gasteiger partial charge in [-0.2, -0.15) is 0 Å². The van der Waals surface area contributed by atoms with Crippen LogP contribution in [0.4, 0.5) is 10.1 Å². The molecule has 1 aromatic carbocycles. The summed E-state index contributed by atoms with van der Waals surface area (Å²) in [5.41, 5.74) is 7.12. The minimum atomic E-state index is -0.161. The van der Waals surface area contributed by atoms with E-state index in [1.54, 1.807) is 12.1 Å². The smallest absolute Gasteiger partial charge is 0.123 e. The predicted molar refractivity (Wildman–Crippen MR) is 80.4 cm³/mol. The van der Waals surface area contributed by atoms with Crippen molar-refractivity contribution in [3.8, 4) is 0 Å². The largest absolute Gasteiger partial charge is 0.369 e. The number of nitrogens with zero attached hydrogens (tertiary/aromatic N) is 2. The van der Waals surface area contributed by atoms with E-state index in [9.17, 15) is 4.39 Å². The number of hydrogen-bond donors (Lipinski definition) is 1. The third-order valence-corrected chi connectivity index (χ3v) is 4.76. The summed E-state index contributed by atoms with van der Waals surface area (Å²) in [6.45, 7) is 4.29. The normalized spacial score (nSPS) is 28.6. The molecule has 2 fully saturated rings. The summed E-state index contributed by atoms with van der Waals surface area (Å²) >= 11 is 0. The van der Waals surface area contributed by atoms with Crippen molar-refractivity contribution in [1.29, 1.82) is 0 Å². The third kappa shape index (κ3) is 3.13. The van der Waals surface area contributed by atoms with Crippen LogP contribution in [0.2, 0.25) is 0 Å². The molecule has 0 atom stereocenters. The molecule has 1 heterocycles. The molecule has 0 spiro atoms. The van der Waals surface area contributed by atoms with E-state index in [0.29, 0.717) is 6.04 Å². The van der Waals surface area contributed by atoms with Crippen LogP contribution in [-0.4, -0.2) is 43.2 Å². The summed E-state index contributed by atoms with van der Waals surface area (Å²) in [4.78, 5) is 4.97. The van der Waals surface area contributed by atoms with E-state index in [4.69, 9.17) is 5.73 Å². The quantitative estimate of drug-likeness (QED) is 0.899. The summed E-state index contributed by atoms with van der Waals surface area (Å²) in [5, 5.41) is 0. The first-order valence-electron chi connectivity index (χ1n) is 7.72. The first-order chi connectivity index (χ1) is 9.72. The maximum absolute atomic E-state index is 13.0.